The topological polar surface area (TPSA) is 63.1 Å². The molecule has 2 aromatic heterocycles. The Balaban J connectivity index is 1.47. The lowest BCUT2D eigenvalue weighted by Crippen LogP contribution is -2.25. The quantitative estimate of drug-likeness (QED) is 0.752. The van der Waals surface area contributed by atoms with Gasteiger partial charge >= 0.3 is 0 Å². The minimum absolute atomic E-state index is 0.117. The number of benzene rings is 1. The van der Waals surface area contributed by atoms with Crippen LogP contribution in [0.3, 0.4) is 0 Å². The Morgan fingerprint density at radius 3 is 2.62 bits per heavy atom. The molecule has 0 aliphatic carbocycles. The van der Waals surface area contributed by atoms with Gasteiger partial charge in [-0.1, -0.05) is 41.2 Å². The summed E-state index contributed by atoms with van der Waals surface area (Å²) < 4.78 is 1.81. The van der Waals surface area contributed by atoms with E-state index in [0.717, 1.165) is 28.9 Å². The number of carbonyl (C=O) groups excluding carboxylic acids is 1. The summed E-state index contributed by atoms with van der Waals surface area (Å²) in [6, 6.07) is 11.8. The smallest absolute Gasteiger partial charge is 0.268 e. The van der Waals surface area contributed by atoms with E-state index in [1.165, 1.54) is 29.7 Å². The molecule has 1 aliphatic rings. The second-order valence-electron chi connectivity index (χ2n) is 6.49. The average Bonchev–Trinajstić information content (AvgIpc) is 3.41. The number of hydrogen-bond acceptors (Lipinski definition) is 5. The summed E-state index contributed by atoms with van der Waals surface area (Å²) in [5, 5.41) is 13.2. The summed E-state index contributed by atoms with van der Waals surface area (Å²) in [6.45, 7) is 4.61. The van der Waals surface area contributed by atoms with Crippen molar-refractivity contribution < 1.29 is 4.79 Å². The van der Waals surface area contributed by atoms with Crippen LogP contribution in [0.5, 0.6) is 0 Å². The van der Waals surface area contributed by atoms with E-state index in [1.54, 1.807) is 6.07 Å². The van der Waals surface area contributed by atoms with Crippen LogP contribution in [0, 0.1) is 6.92 Å². The van der Waals surface area contributed by atoms with Crippen molar-refractivity contribution in [2.24, 2.45) is 0 Å². The van der Waals surface area contributed by atoms with Crippen LogP contribution >= 0.6 is 11.3 Å². The zero-order chi connectivity index (χ0) is 17.9. The number of aromatic nitrogens is 3. The zero-order valence-electron chi connectivity index (χ0n) is 14.7. The van der Waals surface area contributed by atoms with Crippen LogP contribution in [0.1, 0.15) is 34.5 Å². The first-order valence-corrected chi connectivity index (χ1v) is 9.62. The van der Waals surface area contributed by atoms with E-state index in [2.05, 4.69) is 20.4 Å². The molecule has 26 heavy (non-hydrogen) atoms. The Kier molecular flexibility index (Phi) is 4.71. The first-order valence-electron chi connectivity index (χ1n) is 8.80. The van der Waals surface area contributed by atoms with Gasteiger partial charge < -0.3 is 10.2 Å². The van der Waals surface area contributed by atoms with Gasteiger partial charge in [-0.05, 0) is 37.5 Å². The van der Waals surface area contributed by atoms with Crippen LogP contribution in [-0.2, 0) is 6.54 Å². The molecule has 1 saturated heterocycles. The number of rotatable bonds is 5. The molecule has 0 unspecified atom stereocenters. The lowest BCUT2D eigenvalue weighted by atomic mass is 10.1. The average molecular weight is 367 g/mol. The molecule has 3 aromatic rings. The molecule has 1 aromatic carbocycles. The molecular formula is C19H21N5OS. The number of carbonyl (C=O) groups is 1. The van der Waals surface area contributed by atoms with E-state index in [4.69, 9.17) is 0 Å². The molecule has 0 spiro atoms. The van der Waals surface area contributed by atoms with Gasteiger partial charge in [0.05, 0.1) is 0 Å². The Labute approximate surface area is 156 Å². The molecule has 1 fully saturated rings. The molecule has 0 bridgehead atoms. The van der Waals surface area contributed by atoms with E-state index in [-0.39, 0.29) is 5.91 Å². The molecule has 0 radical (unpaired) electrons. The van der Waals surface area contributed by atoms with Crippen molar-refractivity contribution in [1.29, 1.82) is 0 Å². The minimum atomic E-state index is -0.117. The summed E-state index contributed by atoms with van der Waals surface area (Å²) in [6.07, 6.45) is 4.26. The van der Waals surface area contributed by atoms with Gasteiger partial charge in [0.25, 0.3) is 5.91 Å². The molecule has 3 heterocycles. The van der Waals surface area contributed by atoms with E-state index < -0.39 is 0 Å². The number of amides is 1. The van der Waals surface area contributed by atoms with Crippen molar-refractivity contribution in [2.75, 3.05) is 18.0 Å². The fourth-order valence-electron chi connectivity index (χ4n) is 3.05. The monoisotopic (exact) mass is 367 g/mol. The summed E-state index contributed by atoms with van der Waals surface area (Å²) in [5.41, 5.74) is 2.86. The zero-order valence-corrected chi connectivity index (χ0v) is 15.5. The highest BCUT2D eigenvalue weighted by Gasteiger charge is 2.19. The molecule has 1 N–H and O–H groups in total. The Morgan fingerprint density at radius 1 is 1.12 bits per heavy atom. The molecule has 0 saturated carbocycles. The lowest BCUT2D eigenvalue weighted by Gasteiger charge is -2.11. The van der Waals surface area contributed by atoms with Crippen LogP contribution in [0.2, 0.25) is 0 Å². The van der Waals surface area contributed by atoms with Gasteiger partial charge in [0.2, 0.25) is 10.3 Å². The van der Waals surface area contributed by atoms with Crippen LogP contribution in [0.4, 0.5) is 5.13 Å². The summed E-state index contributed by atoms with van der Waals surface area (Å²) in [5.74, 6) is -0.117. The normalized spacial score (nSPS) is 14.0. The maximum absolute atomic E-state index is 12.6. The summed E-state index contributed by atoms with van der Waals surface area (Å²) in [4.78, 5) is 14.9. The fourth-order valence-corrected chi connectivity index (χ4v) is 3.95. The van der Waals surface area contributed by atoms with Crippen LogP contribution in [0.15, 0.2) is 42.6 Å². The number of nitrogens with one attached hydrogen (secondary N) is 1. The van der Waals surface area contributed by atoms with Gasteiger partial charge in [0, 0.05) is 25.8 Å². The highest BCUT2D eigenvalue weighted by atomic mass is 32.1. The van der Waals surface area contributed by atoms with E-state index >= 15 is 0 Å². The third-order valence-electron chi connectivity index (χ3n) is 4.54. The number of hydrogen-bond donors (Lipinski definition) is 1. The van der Waals surface area contributed by atoms with Gasteiger partial charge in [0.1, 0.15) is 5.69 Å². The number of nitrogens with zero attached hydrogens (tertiary/aromatic N) is 4. The molecule has 6 nitrogen and oxygen atoms in total. The van der Waals surface area contributed by atoms with Crippen molar-refractivity contribution in [3.63, 3.8) is 0 Å². The van der Waals surface area contributed by atoms with Gasteiger partial charge in [-0.15, -0.1) is 10.2 Å². The Bertz CT molecular complexity index is 893. The molecular weight excluding hydrogens is 346 g/mol. The van der Waals surface area contributed by atoms with Crippen LogP contribution < -0.4 is 10.2 Å². The molecule has 0 atom stereocenters. The molecule has 1 amide bonds. The Morgan fingerprint density at radius 2 is 1.85 bits per heavy atom. The van der Waals surface area contributed by atoms with Crippen molar-refractivity contribution in [3.05, 3.63) is 59.4 Å². The van der Waals surface area contributed by atoms with Crippen molar-refractivity contribution in [1.82, 2.24) is 20.1 Å². The largest absolute Gasteiger partial charge is 0.347 e. The van der Waals surface area contributed by atoms with Crippen molar-refractivity contribution in [2.45, 2.75) is 26.3 Å². The second kappa shape index (κ2) is 7.29. The van der Waals surface area contributed by atoms with Crippen molar-refractivity contribution in [3.8, 4) is 5.13 Å². The summed E-state index contributed by atoms with van der Waals surface area (Å²) in [7, 11) is 0. The van der Waals surface area contributed by atoms with Gasteiger partial charge in [-0.3, -0.25) is 9.36 Å². The molecule has 1 aliphatic heterocycles. The Hall–Kier alpha value is -2.67. The first-order chi connectivity index (χ1) is 12.7. The van der Waals surface area contributed by atoms with Gasteiger partial charge in [-0.25, -0.2) is 0 Å². The van der Waals surface area contributed by atoms with Gasteiger partial charge in [-0.2, -0.15) is 0 Å². The predicted octanol–water partition coefficient (Wildman–Crippen LogP) is 3.17. The minimum Gasteiger partial charge on any atom is -0.347 e. The second-order valence-corrected chi connectivity index (χ2v) is 7.43. The standard InChI is InChI=1S/C19H21N5OS/c1-14-6-8-15(9-7-14)13-20-17(25)16-5-4-12-24(16)19-22-21-18(26-19)23-10-2-3-11-23/h4-9,12H,2-3,10-11,13H2,1H3,(H,20,25). The molecule has 7 heteroatoms. The number of anilines is 1. The van der Waals surface area contributed by atoms with E-state index in [9.17, 15) is 4.79 Å². The number of aryl methyl sites for hydroxylation is 1. The molecule has 4 rings (SSSR count). The highest BCUT2D eigenvalue weighted by molar-refractivity contribution is 7.17. The van der Waals surface area contributed by atoms with E-state index in [1.807, 2.05) is 48.0 Å². The van der Waals surface area contributed by atoms with Crippen molar-refractivity contribution >= 4 is 22.4 Å². The lowest BCUT2D eigenvalue weighted by molar-refractivity contribution is 0.0944. The van der Waals surface area contributed by atoms with E-state index in [0.29, 0.717) is 12.2 Å². The van der Waals surface area contributed by atoms with Gasteiger partial charge in [0.15, 0.2) is 0 Å². The fraction of sp³-hybridized carbons (Fsp3) is 0.316. The maximum Gasteiger partial charge on any atom is 0.268 e. The summed E-state index contributed by atoms with van der Waals surface area (Å²) >= 11 is 1.52. The van der Waals surface area contributed by atoms with Crippen LogP contribution in [0.25, 0.3) is 5.13 Å². The third-order valence-corrected chi connectivity index (χ3v) is 5.52. The molecule has 134 valence electrons. The SMILES string of the molecule is Cc1ccc(CNC(=O)c2cccn2-c2nnc(N3CCCC3)s2)cc1. The third kappa shape index (κ3) is 3.48. The maximum atomic E-state index is 12.6. The first kappa shape index (κ1) is 16.8. The highest BCUT2D eigenvalue weighted by Crippen LogP contribution is 2.27. The predicted molar refractivity (Wildman–Crippen MR) is 103 cm³/mol. The van der Waals surface area contributed by atoms with Crippen LogP contribution in [-0.4, -0.2) is 33.8 Å².